The molecule has 0 radical (unpaired) electrons. The summed E-state index contributed by atoms with van der Waals surface area (Å²) < 4.78 is 12.9. The van der Waals surface area contributed by atoms with Gasteiger partial charge >= 0.3 is 0 Å². The lowest BCUT2D eigenvalue weighted by Crippen LogP contribution is -2.45. The fourth-order valence-electron chi connectivity index (χ4n) is 3.52. The lowest BCUT2D eigenvalue weighted by atomic mass is 9.95. The van der Waals surface area contributed by atoms with Crippen LogP contribution in [0.25, 0.3) is 0 Å². The summed E-state index contributed by atoms with van der Waals surface area (Å²) in [7, 11) is 0. The van der Waals surface area contributed by atoms with Crippen LogP contribution in [0, 0.1) is 5.82 Å². The van der Waals surface area contributed by atoms with E-state index in [1.54, 1.807) is 12.1 Å². The van der Waals surface area contributed by atoms with E-state index in [4.69, 9.17) is 5.73 Å². The molecule has 1 saturated heterocycles. The van der Waals surface area contributed by atoms with Crippen LogP contribution in [0.2, 0.25) is 0 Å². The van der Waals surface area contributed by atoms with Crippen molar-refractivity contribution in [1.29, 1.82) is 0 Å². The summed E-state index contributed by atoms with van der Waals surface area (Å²) in [4.78, 5) is 14.6. The molecule has 0 saturated carbocycles. The monoisotopic (exact) mass is 391 g/mol. The number of likely N-dealkylation sites (tertiary alicyclic amines) is 1. The molecule has 0 bridgehead atoms. The molecule has 1 fully saturated rings. The van der Waals surface area contributed by atoms with Gasteiger partial charge in [-0.2, -0.15) is 0 Å². The second-order valence-corrected chi connectivity index (χ2v) is 6.98. The Morgan fingerprint density at radius 3 is 2.52 bits per heavy atom. The molecular formula is C21H27ClFN3O. The SMILES string of the molecule is CC(C(=O)NCCc1ccc(F)cc1)N1C[C@@H](N)[C@H](c2ccccc2)C1.Cl. The molecule has 3 N–H and O–H groups in total. The molecule has 6 heteroatoms. The Hall–Kier alpha value is -1.95. The van der Waals surface area contributed by atoms with Gasteiger partial charge in [-0.3, -0.25) is 9.69 Å². The maximum Gasteiger partial charge on any atom is 0.237 e. The van der Waals surface area contributed by atoms with Crippen LogP contribution < -0.4 is 11.1 Å². The predicted molar refractivity (Wildman–Crippen MR) is 109 cm³/mol. The first-order valence-electron chi connectivity index (χ1n) is 9.11. The van der Waals surface area contributed by atoms with Crippen molar-refractivity contribution in [3.05, 3.63) is 71.5 Å². The minimum Gasteiger partial charge on any atom is -0.354 e. The quantitative estimate of drug-likeness (QED) is 0.796. The van der Waals surface area contributed by atoms with Gasteiger partial charge in [0.05, 0.1) is 6.04 Å². The van der Waals surface area contributed by atoms with Crippen LogP contribution in [0.1, 0.15) is 24.0 Å². The highest BCUT2D eigenvalue weighted by atomic mass is 35.5. The minimum absolute atomic E-state index is 0. The van der Waals surface area contributed by atoms with Crippen LogP contribution in [-0.4, -0.2) is 42.5 Å². The molecule has 4 nitrogen and oxygen atoms in total. The van der Waals surface area contributed by atoms with E-state index in [0.29, 0.717) is 19.5 Å². The molecular weight excluding hydrogens is 365 g/mol. The van der Waals surface area contributed by atoms with Crippen molar-refractivity contribution in [2.45, 2.75) is 31.3 Å². The smallest absolute Gasteiger partial charge is 0.237 e. The predicted octanol–water partition coefficient (Wildman–Crippen LogP) is 2.72. The summed E-state index contributed by atoms with van der Waals surface area (Å²) >= 11 is 0. The second-order valence-electron chi connectivity index (χ2n) is 6.98. The van der Waals surface area contributed by atoms with E-state index in [9.17, 15) is 9.18 Å². The molecule has 1 heterocycles. The van der Waals surface area contributed by atoms with Crippen LogP contribution in [0.3, 0.4) is 0 Å². The molecule has 3 rings (SSSR count). The Balaban J connectivity index is 0.00000261. The van der Waals surface area contributed by atoms with E-state index in [-0.39, 0.29) is 42.1 Å². The molecule has 146 valence electrons. The molecule has 2 aromatic carbocycles. The van der Waals surface area contributed by atoms with Gasteiger partial charge in [0.15, 0.2) is 0 Å². The third kappa shape index (κ3) is 5.51. The average Bonchev–Trinajstić information content (AvgIpc) is 3.05. The van der Waals surface area contributed by atoms with Gasteiger partial charge in [-0.15, -0.1) is 12.4 Å². The van der Waals surface area contributed by atoms with Crippen LogP contribution >= 0.6 is 12.4 Å². The maximum absolute atomic E-state index is 12.9. The van der Waals surface area contributed by atoms with Crippen molar-refractivity contribution in [2.24, 2.45) is 5.73 Å². The molecule has 0 spiro atoms. The van der Waals surface area contributed by atoms with Crippen molar-refractivity contribution in [3.63, 3.8) is 0 Å². The highest BCUT2D eigenvalue weighted by Crippen LogP contribution is 2.27. The average molecular weight is 392 g/mol. The number of nitrogens with zero attached hydrogens (tertiary/aromatic N) is 1. The van der Waals surface area contributed by atoms with Crippen LogP contribution in [0.5, 0.6) is 0 Å². The third-order valence-electron chi connectivity index (χ3n) is 5.17. The van der Waals surface area contributed by atoms with Gasteiger partial charge in [-0.1, -0.05) is 42.5 Å². The lowest BCUT2D eigenvalue weighted by molar-refractivity contribution is -0.125. The highest BCUT2D eigenvalue weighted by Gasteiger charge is 2.35. The van der Waals surface area contributed by atoms with Crippen molar-refractivity contribution in [2.75, 3.05) is 19.6 Å². The molecule has 1 amide bonds. The van der Waals surface area contributed by atoms with Crippen molar-refractivity contribution in [1.82, 2.24) is 10.2 Å². The first-order valence-corrected chi connectivity index (χ1v) is 9.11. The number of hydrogen-bond acceptors (Lipinski definition) is 3. The molecule has 27 heavy (non-hydrogen) atoms. The topological polar surface area (TPSA) is 58.4 Å². The zero-order valence-electron chi connectivity index (χ0n) is 15.5. The van der Waals surface area contributed by atoms with Gasteiger partial charge in [0.2, 0.25) is 5.91 Å². The Morgan fingerprint density at radius 2 is 1.85 bits per heavy atom. The van der Waals surface area contributed by atoms with E-state index in [1.165, 1.54) is 17.7 Å². The number of nitrogens with one attached hydrogen (secondary N) is 1. The molecule has 0 aromatic heterocycles. The van der Waals surface area contributed by atoms with Crippen LogP contribution in [0.4, 0.5) is 4.39 Å². The normalized spacial score (nSPS) is 20.7. The summed E-state index contributed by atoms with van der Waals surface area (Å²) in [5.74, 6) is 0.0171. The first-order chi connectivity index (χ1) is 12.5. The number of rotatable bonds is 6. The van der Waals surface area contributed by atoms with Crippen molar-refractivity contribution < 1.29 is 9.18 Å². The summed E-state index contributed by atoms with van der Waals surface area (Å²) in [5, 5.41) is 2.98. The lowest BCUT2D eigenvalue weighted by Gasteiger charge is -2.23. The van der Waals surface area contributed by atoms with E-state index in [0.717, 1.165) is 12.1 Å². The van der Waals surface area contributed by atoms with E-state index >= 15 is 0 Å². The molecule has 1 aliphatic rings. The third-order valence-corrected chi connectivity index (χ3v) is 5.17. The Kier molecular flexibility index (Phi) is 7.78. The Morgan fingerprint density at radius 1 is 1.19 bits per heavy atom. The van der Waals surface area contributed by atoms with Crippen molar-refractivity contribution in [3.8, 4) is 0 Å². The van der Waals surface area contributed by atoms with E-state index in [2.05, 4.69) is 22.3 Å². The number of carbonyl (C=O) groups is 1. The van der Waals surface area contributed by atoms with Gasteiger partial charge in [0, 0.05) is 31.6 Å². The summed E-state index contributed by atoms with van der Waals surface area (Å²) in [6.45, 7) is 3.97. The highest BCUT2D eigenvalue weighted by molar-refractivity contribution is 5.85. The minimum atomic E-state index is -0.246. The fraction of sp³-hybridized carbons (Fsp3) is 0.381. The maximum atomic E-state index is 12.9. The summed E-state index contributed by atoms with van der Waals surface area (Å²) in [6.07, 6.45) is 0.685. The van der Waals surface area contributed by atoms with Crippen molar-refractivity contribution >= 4 is 18.3 Å². The number of halogens is 2. The number of benzene rings is 2. The fourth-order valence-corrected chi connectivity index (χ4v) is 3.52. The van der Waals surface area contributed by atoms with Crippen LogP contribution in [-0.2, 0) is 11.2 Å². The van der Waals surface area contributed by atoms with Crippen LogP contribution in [0.15, 0.2) is 54.6 Å². The Labute approximate surface area is 166 Å². The van der Waals surface area contributed by atoms with Gasteiger partial charge in [0.25, 0.3) is 0 Å². The standard InChI is InChI=1S/C21H26FN3O.ClH/c1-15(21(26)24-12-11-16-7-9-18(22)10-8-16)25-13-19(20(23)14-25)17-5-3-2-4-6-17;/h2-10,15,19-20H,11-14,23H2,1H3,(H,24,26);1H/t15?,19-,20+;/m0./s1. The molecule has 1 aliphatic heterocycles. The van der Waals surface area contributed by atoms with Gasteiger partial charge in [0.1, 0.15) is 5.82 Å². The molecule has 3 atom stereocenters. The number of nitrogens with two attached hydrogens (primary N) is 1. The number of hydrogen-bond donors (Lipinski definition) is 2. The van der Waals surface area contributed by atoms with Gasteiger partial charge in [-0.25, -0.2) is 4.39 Å². The van der Waals surface area contributed by atoms with Gasteiger partial charge in [-0.05, 0) is 36.6 Å². The largest absolute Gasteiger partial charge is 0.354 e. The molecule has 1 unspecified atom stereocenters. The summed E-state index contributed by atoms with van der Waals surface area (Å²) in [5.41, 5.74) is 8.56. The zero-order valence-corrected chi connectivity index (χ0v) is 16.3. The number of amides is 1. The Bertz CT molecular complexity index is 726. The van der Waals surface area contributed by atoms with E-state index in [1.807, 2.05) is 25.1 Å². The molecule has 0 aliphatic carbocycles. The first kappa shape index (κ1) is 21.4. The van der Waals surface area contributed by atoms with E-state index < -0.39 is 0 Å². The molecule has 2 aromatic rings. The second kappa shape index (κ2) is 9.83. The van der Waals surface area contributed by atoms with Gasteiger partial charge < -0.3 is 11.1 Å². The zero-order chi connectivity index (χ0) is 18.5. The summed E-state index contributed by atoms with van der Waals surface area (Å²) in [6, 6.07) is 16.4. The number of carbonyl (C=O) groups excluding carboxylic acids is 1.